The second kappa shape index (κ2) is 7.83. The molecule has 6 nitrogen and oxygen atoms in total. The summed E-state index contributed by atoms with van der Waals surface area (Å²) in [4.78, 5) is 19.3. The Bertz CT molecular complexity index is 1030. The van der Waals surface area contributed by atoms with Gasteiger partial charge in [0, 0.05) is 23.5 Å². The largest absolute Gasteiger partial charge is 0.493 e. The van der Waals surface area contributed by atoms with Crippen LogP contribution in [0.4, 0.5) is 17.1 Å². The summed E-state index contributed by atoms with van der Waals surface area (Å²) in [7, 11) is 3.20. The quantitative estimate of drug-likeness (QED) is 0.699. The number of pyridine rings is 1. The van der Waals surface area contributed by atoms with E-state index in [1.54, 1.807) is 26.5 Å². The van der Waals surface area contributed by atoms with Crippen LogP contribution in [-0.2, 0) is 6.42 Å². The van der Waals surface area contributed by atoms with Crippen LogP contribution < -0.4 is 19.7 Å². The van der Waals surface area contributed by atoms with E-state index in [0.29, 0.717) is 17.2 Å². The molecule has 4 rings (SSSR count). The van der Waals surface area contributed by atoms with Gasteiger partial charge in [0.2, 0.25) is 0 Å². The van der Waals surface area contributed by atoms with Crippen molar-refractivity contribution in [2.75, 3.05) is 24.4 Å². The van der Waals surface area contributed by atoms with Gasteiger partial charge in [0.05, 0.1) is 26.1 Å². The maximum atomic E-state index is 13.1. The zero-order valence-electron chi connectivity index (χ0n) is 16.7. The van der Waals surface area contributed by atoms with Crippen molar-refractivity contribution in [2.45, 2.75) is 19.4 Å². The highest BCUT2D eigenvalue weighted by Crippen LogP contribution is 2.33. The molecular formula is C23H23N3O3. The standard InChI is InChI=1S/C23H23N3O3/c1-15-12-16-6-4-5-7-20(16)26(15)23(27)19-10-8-18(14-24-19)25-17-9-11-21(28-2)22(13-17)29-3/h4-11,13-15,25H,12H2,1-3H3. The van der Waals surface area contributed by atoms with E-state index in [2.05, 4.69) is 23.3 Å². The summed E-state index contributed by atoms with van der Waals surface area (Å²) in [6, 6.07) is 17.3. The van der Waals surface area contributed by atoms with E-state index in [1.165, 1.54) is 5.56 Å². The van der Waals surface area contributed by atoms with Gasteiger partial charge in [-0.05, 0) is 49.2 Å². The molecule has 2 aromatic carbocycles. The minimum Gasteiger partial charge on any atom is -0.493 e. The zero-order valence-corrected chi connectivity index (χ0v) is 16.7. The number of nitrogens with zero attached hydrogens (tertiary/aromatic N) is 2. The number of para-hydroxylation sites is 1. The lowest BCUT2D eigenvalue weighted by Crippen LogP contribution is -2.36. The van der Waals surface area contributed by atoms with Crippen molar-refractivity contribution in [2.24, 2.45) is 0 Å². The Hall–Kier alpha value is -3.54. The normalized spacial score (nSPS) is 15.0. The number of rotatable bonds is 5. The molecule has 0 fully saturated rings. The van der Waals surface area contributed by atoms with Crippen molar-refractivity contribution in [3.63, 3.8) is 0 Å². The molecule has 0 radical (unpaired) electrons. The third-order valence-electron chi connectivity index (χ3n) is 5.08. The summed E-state index contributed by atoms with van der Waals surface area (Å²) < 4.78 is 10.6. The molecule has 1 aliphatic heterocycles. The van der Waals surface area contributed by atoms with Gasteiger partial charge in [-0.3, -0.25) is 4.79 Å². The van der Waals surface area contributed by atoms with Gasteiger partial charge in [-0.25, -0.2) is 4.98 Å². The Kier molecular flexibility index (Phi) is 5.08. The van der Waals surface area contributed by atoms with Gasteiger partial charge in [-0.15, -0.1) is 0 Å². The molecule has 0 bridgehead atoms. The molecule has 1 amide bonds. The first-order valence-corrected chi connectivity index (χ1v) is 9.47. The van der Waals surface area contributed by atoms with Crippen LogP contribution in [0.2, 0.25) is 0 Å². The Morgan fingerprint density at radius 3 is 2.52 bits per heavy atom. The van der Waals surface area contributed by atoms with Gasteiger partial charge >= 0.3 is 0 Å². The number of aromatic nitrogens is 1. The lowest BCUT2D eigenvalue weighted by atomic mass is 10.1. The van der Waals surface area contributed by atoms with Crippen LogP contribution in [0, 0.1) is 0 Å². The van der Waals surface area contributed by atoms with Crippen molar-refractivity contribution in [1.29, 1.82) is 0 Å². The number of amides is 1. The molecule has 0 spiro atoms. The van der Waals surface area contributed by atoms with E-state index in [9.17, 15) is 4.79 Å². The lowest BCUT2D eigenvalue weighted by Gasteiger charge is -2.22. The van der Waals surface area contributed by atoms with E-state index in [1.807, 2.05) is 47.4 Å². The molecule has 148 valence electrons. The molecule has 1 atom stereocenters. The minimum absolute atomic E-state index is 0.0832. The molecule has 6 heteroatoms. The van der Waals surface area contributed by atoms with E-state index < -0.39 is 0 Å². The fourth-order valence-electron chi connectivity index (χ4n) is 3.67. The topological polar surface area (TPSA) is 63.7 Å². The van der Waals surface area contributed by atoms with Crippen molar-refractivity contribution < 1.29 is 14.3 Å². The Labute approximate surface area is 170 Å². The molecule has 2 heterocycles. The smallest absolute Gasteiger partial charge is 0.277 e. The van der Waals surface area contributed by atoms with E-state index in [4.69, 9.17) is 9.47 Å². The number of hydrogen-bond donors (Lipinski definition) is 1. The number of anilines is 3. The van der Waals surface area contributed by atoms with Crippen molar-refractivity contribution in [1.82, 2.24) is 4.98 Å². The highest BCUT2D eigenvalue weighted by molar-refractivity contribution is 6.06. The predicted octanol–water partition coefficient (Wildman–Crippen LogP) is 4.43. The first-order valence-electron chi connectivity index (χ1n) is 9.47. The van der Waals surface area contributed by atoms with Crippen LogP contribution in [0.25, 0.3) is 0 Å². The van der Waals surface area contributed by atoms with Gasteiger partial charge in [-0.2, -0.15) is 0 Å². The summed E-state index contributed by atoms with van der Waals surface area (Å²) in [6.07, 6.45) is 2.53. The average molecular weight is 389 g/mol. The van der Waals surface area contributed by atoms with E-state index >= 15 is 0 Å². The van der Waals surface area contributed by atoms with Crippen LogP contribution in [0.3, 0.4) is 0 Å². The number of carbonyl (C=O) groups excluding carboxylic acids is 1. The Morgan fingerprint density at radius 1 is 1.03 bits per heavy atom. The van der Waals surface area contributed by atoms with Gasteiger partial charge in [0.25, 0.3) is 5.91 Å². The summed E-state index contributed by atoms with van der Waals surface area (Å²) in [5.41, 5.74) is 4.21. The van der Waals surface area contributed by atoms with E-state index in [-0.39, 0.29) is 11.9 Å². The number of fused-ring (bicyclic) bond motifs is 1. The molecule has 0 saturated heterocycles. The van der Waals surface area contributed by atoms with Gasteiger partial charge in [-0.1, -0.05) is 18.2 Å². The summed E-state index contributed by atoms with van der Waals surface area (Å²) in [5.74, 6) is 1.22. The first kappa shape index (κ1) is 18.8. The van der Waals surface area contributed by atoms with Crippen LogP contribution in [0.15, 0.2) is 60.8 Å². The molecule has 0 aliphatic carbocycles. The Balaban J connectivity index is 1.52. The highest BCUT2D eigenvalue weighted by Gasteiger charge is 2.31. The first-order chi connectivity index (χ1) is 14.1. The van der Waals surface area contributed by atoms with Crippen LogP contribution in [0.5, 0.6) is 11.5 Å². The summed E-state index contributed by atoms with van der Waals surface area (Å²) in [6.45, 7) is 2.06. The number of hydrogen-bond acceptors (Lipinski definition) is 5. The van der Waals surface area contributed by atoms with Gasteiger partial charge in [0.15, 0.2) is 11.5 Å². The van der Waals surface area contributed by atoms with E-state index in [0.717, 1.165) is 23.5 Å². The zero-order chi connectivity index (χ0) is 20.4. The second-order valence-electron chi connectivity index (χ2n) is 6.98. The monoisotopic (exact) mass is 389 g/mol. The Morgan fingerprint density at radius 2 is 1.79 bits per heavy atom. The molecule has 1 aromatic heterocycles. The number of carbonyl (C=O) groups is 1. The van der Waals surface area contributed by atoms with Crippen molar-refractivity contribution >= 4 is 23.0 Å². The number of ether oxygens (including phenoxy) is 2. The fraction of sp³-hybridized carbons (Fsp3) is 0.217. The lowest BCUT2D eigenvalue weighted by molar-refractivity contribution is 0.0976. The van der Waals surface area contributed by atoms with Crippen LogP contribution in [0.1, 0.15) is 23.0 Å². The van der Waals surface area contributed by atoms with Crippen LogP contribution in [-0.4, -0.2) is 31.2 Å². The predicted molar refractivity (Wildman–Crippen MR) is 113 cm³/mol. The SMILES string of the molecule is COc1ccc(Nc2ccc(C(=O)N3c4ccccc4CC3C)nc2)cc1OC. The number of benzene rings is 2. The maximum absolute atomic E-state index is 13.1. The second-order valence-corrected chi connectivity index (χ2v) is 6.98. The molecular weight excluding hydrogens is 366 g/mol. The fourth-order valence-corrected chi connectivity index (χ4v) is 3.67. The molecule has 1 aliphatic rings. The third-order valence-corrected chi connectivity index (χ3v) is 5.08. The number of nitrogens with one attached hydrogen (secondary N) is 1. The van der Waals surface area contributed by atoms with Crippen LogP contribution >= 0.6 is 0 Å². The molecule has 1 unspecified atom stereocenters. The van der Waals surface area contributed by atoms with Gasteiger partial charge < -0.3 is 19.7 Å². The minimum atomic E-state index is -0.0832. The van der Waals surface area contributed by atoms with Crippen molar-refractivity contribution in [3.8, 4) is 11.5 Å². The maximum Gasteiger partial charge on any atom is 0.277 e. The molecule has 3 aromatic rings. The number of methoxy groups -OCH3 is 2. The average Bonchev–Trinajstić information content (AvgIpc) is 3.09. The molecule has 29 heavy (non-hydrogen) atoms. The summed E-state index contributed by atoms with van der Waals surface area (Å²) >= 11 is 0. The molecule has 0 saturated carbocycles. The van der Waals surface area contributed by atoms with Crippen molar-refractivity contribution in [3.05, 3.63) is 72.1 Å². The van der Waals surface area contributed by atoms with Gasteiger partial charge in [0.1, 0.15) is 5.69 Å². The highest BCUT2D eigenvalue weighted by atomic mass is 16.5. The third kappa shape index (κ3) is 3.61. The molecule has 1 N–H and O–H groups in total. The summed E-state index contributed by atoms with van der Waals surface area (Å²) in [5, 5.41) is 3.27.